The minimum absolute atomic E-state index is 0.0526. The van der Waals surface area contributed by atoms with Crippen molar-refractivity contribution >= 4 is 11.9 Å². The summed E-state index contributed by atoms with van der Waals surface area (Å²) in [6.45, 7) is 3.53. The highest BCUT2D eigenvalue weighted by Gasteiger charge is 2.13. The van der Waals surface area contributed by atoms with Gasteiger partial charge in [0.15, 0.2) is 6.61 Å². The average molecular weight is 289 g/mol. The van der Waals surface area contributed by atoms with Gasteiger partial charge in [-0.05, 0) is 56.2 Å². The highest BCUT2D eigenvalue weighted by Crippen LogP contribution is 2.22. The molecule has 0 unspecified atom stereocenters. The standard InChI is InChI=1S/C17H23NO3/c1-12(2)18-16(19)11-21-17(20)10-13-7-8-14-5-3-4-6-15(14)9-13/h7-9,12H,3-6,10-11H2,1-2H3,(H,18,19). The molecule has 0 radical (unpaired) electrons. The second-order valence-electron chi connectivity index (χ2n) is 5.87. The van der Waals surface area contributed by atoms with Crippen LogP contribution in [0.4, 0.5) is 0 Å². The summed E-state index contributed by atoms with van der Waals surface area (Å²) in [6, 6.07) is 6.25. The van der Waals surface area contributed by atoms with Crippen molar-refractivity contribution in [2.24, 2.45) is 0 Å². The summed E-state index contributed by atoms with van der Waals surface area (Å²) in [5.74, 6) is -0.617. The number of nitrogens with one attached hydrogen (secondary N) is 1. The summed E-state index contributed by atoms with van der Waals surface area (Å²) in [5, 5.41) is 2.69. The Hall–Kier alpha value is -1.84. The number of ether oxygens (including phenoxy) is 1. The molecule has 1 N–H and O–H groups in total. The number of hydrogen-bond acceptors (Lipinski definition) is 3. The van der Waals surface area contributed by atoms with E-state index in [4.69, 9.17) is 4.74 Å². The molecule has 2 rings (SSSR count). The molecule has 114 valence electrons. The molecular weight excluding hydrogens is 266 g/mol. The van der Waals surface area contributed by atoms with Crippen molar-refractivity contribution in [3.8, 4) is 0 Å². The Labute approximate surface area is 125 Å². The Morgan fingerprint density at radius 3 is 2.62 bits per heavy atom. The summed E-state index contributed by atoms with van der Waals surface area (Å²) >= 11 is 0. The minimum Gasteiger partial charge on any atom is -0.455 e. The highest BCUT2D eigenvalue weighted by atomic mass is 16.5. The van der Waals surface area contributed by atoms with Crippen LogP contribution in [0.1, 0.15) is 43.4 Å². The van der Waals surface area contributed by atoms with Crippen LogP contribution in [-0.2, 0) is 33.6 Å². The van der Waals surface area contributed by atoms with E-state index in [0.717, 1.165) is 18.4 Å². The van der Waals surface area contributed by atoms with Gasteiger partial charge < -0.3 is 10.1 Å². The first kappa shape index (κ1) is 15.5. The van der Waals surface area contributed by atoms with Gasteiger partial charge >= 0.3 is 5.97 Å². The van der Waals surface area contributed by atoms with Crippen molar-refractivity contribution in [1.29, 1.82) is 0 Å². The fraction of sp³-hybridized carbons (Fsp3) is 0.529. The lowest BCUT2D eigenvalue weighted by molar-refractivity contribution is -0.148. The van der Waals surface area contributed by atoms with E-state index >= 15 is 0 Å². The number of carbonyl (C=O) groups excluding carboxylic acids is 2. The van der Waals surface area contributed by atoms with Crippen LogP contribution in [0.5, 0.6) is 0 Å². The first-order valence-corrected chi connectivity index (χ1v) is 7.60. The molecule has 0 aliphatic heterocycles. The monoisotopic (exact) mass is 289 g/mol. The lowest BCUT2D eigenvalue weighted by Crippen LogP contribution is -2.34. The lowest BCUT2D eigenvalue weighted by Gasteiger charge is -2.16. The number of aryl methyl sites for hydroxylation is 2. The zero-order valence-electron chi connectivity index (χ0n) is 12.8. The summed E-state index contributed by atoms with van der Waals surface area (Å²) in [6.07, 6.45) is 4.92. The van der Waals surface area contributed by atoms with Crippen LogP contribution < -0.4 is 5.32 Å². The van der Waals surface area contributed by atoms with Crippen molar-refractivity contribution < 1.29 is 14.3 Å². The van der Waals surface area contributed by atoms with Crippen molar-refractivity contribution in [1.82, 2.24) is 5.32 Å². The molecule has 0 saturated heterocycles. The summed E-state index contributed by atoms with van der Waals surface area (Å²) < 4.78 is 5.00. The largest absolute Gasteiger partial charge is 0.455 e. The van der Waals surface area contributed by atoms with E-state index in [1.165, 1.54) is 24.0 Å². The van der Waals surface area contributed by atoms with Crippen LogP contribution in [0, 0.1) is 0 Å². The minimum atomic E-state index is -0.357. The number of rotatable bonds is 5. The second kappa shape index (κ2) is 7.25. The maximum absolute atomic E-state index is 11.8. The molecule has 0 bridgehead atoms. The van der Waals surface area contributed by atoms with Gasteiger partial charge in [0.05, 0.1) is 6.42 Å². The molecule has 1 aliphatic carbocycles. The molecule has 1 amide bonds. The number of carbonyl (C=O) groups is 2. The van der Waals surface area contributed by atoms with E-state index < -0.39 is 0 Å². The fourth-order valence-corrected chi connectivity index (χ4v) is 2.62. The third-order valence-electron chi connectivity index (χ3n) is 3.58. The van der Waals surface area contributed by atoms with Gasteiger partial charge in [-0.1, -0.05) is 18.2 Å². The van der Waals surface area contributed by atoms with E-state index in [-0.39, 0.29) is 30.9 Å². The molecule has 0 heterocycles. The zero-order valence-corrected chi connectivity index (χ0v) is 12.8. The van der Waals surface area contributed by atoms with E-state index in [1.807, 2.05) is 19.9 Å². The topological polar surface area (TPSA) is 55.4 Å². The van der Waals surface area contributed by atoms with E-state index in [2.05, 4.69) is 17.4 Å². The Bertz CT molecular complexity index is 523. The third-order valence-corrected chi connectivity index (χ3v) is 3.58. The van der Waals surface area contributed by atoms with Gasteiger partial charge in [0, 0.05) is 6.04 Å². The van der Waals surface area contributed by atoms with Gasteiger partial charge in [-0.2, -0.15) is 0 Å². The van der Waals surface area contributed by atoms with E-state index in [0.29, 0.717) is 0 Å². The summed E-state index contributed by atoms with van der Waals surface area (Å²) in [4.78, 5) is 23.2. The third kappa shape index (κ3) is 4.88. The zero-order chi connectivity index (χ0) is 15.2. The van der Waals surface area contributed by atoms with E-state index in [1.54, 1.807) is 0 Å². The quantitative estimate of drug-likeness (QED) is 0.845. The first-order chi connectivity index (χ1) is 10.0. The highest BCUT2D eigenvalue weighted by molar-refractivity contribution is 5.81. The Kier molecular flexibility index (Phi) is 5.37. The van der Waals surface area contributed by atoms with Crippen LogP contribution in [0.3, 0.4) is 0 Å². The molecule has 0 saturated carbocycles. The SMILES string of the molecule is CC(C)NC(=O)COC(=O)Cc1ccc2c(c1)CCCC2. The molecule has 0 fully saturated rings. The predicted octanol–water partition coefficient (Wildman–Crippen LogP) is 2.18. The van der Waals surface area contributed by atoms with Gasteiger partial charge in [-0.15, -0.1) is 0 Å². The summed E-state index contributed by atoms with van der Waals surface area (Å²) in [7, 11) is 0. The van der Waals surface area contributed by atoms with Crippen molar-refractivity contribution in [2.75, 3.05) is 6.61 Å². The Balaban J connectivity index is 1.84. The van der Waals surface area contributed by atoms with Crippen LogP contribution in [0.15, 0.2) is 18.2 Å². The molecule has 4 nitrogen and oxygen atoms in total. The van der Waals surface area contributed by atoms with Crippen LogP contribution >= 0.6 is 0 Å². The number of benzene rings is 1. The average Bonchev–Trinajstić information content (AvgIpc) is 2.44. The van der Waals surface area contributed by atoms with Crippen molar-refractivity contribution in [3.63, 3.8) is 0 Å². The molecule has 1 aromatic carbocycles. The van der Waals surface area contributed by atoms with Gasteiger partial charge in [0.25, 0.3) is 5.91 Å². The fourth-order valence-electron chi connectivity index (χ4n) is 2.62. The van der Waals surface area contributed by atoms with Crippen molar-refractivity contribution in [3.05, 3.63) is 34.9 Å². The Morgan fingerprint density at radius 2 is 1.90 bits per heavy atom. The molecule has 0 aromatic heterocycles. The summed E-state index contributed by atoms with van der Waals surface area (Å²) in [5.41, 5.74) is 3.71. The van der Waals surface area contributed by atoms with Gasteiger partial charge in [-0.3, -0.25) is 9.59 Å². The molecule has 21 heavy (non-hydrogen) atoms. The van der Waals surface area contributed by atoms with Crippen LogP contribution in [-0.4, -0.2) is 24.5 Å². The molecule has 1 aromatic rings. The second-order valence-corrected chi connectivity index (χ2v) is 5.87. The van der Waals surface area contributed by atoms with Gasteiger partial charge in [0.1, 0.15) is 0 Å². The number of hydrogen-bond donors (Lipinski definition) is 1. The lowest BCUT2D eigenvalue weighted by atomic mass is 9.90. The molecule has 0 atom stereocenters. The van der Waals surface area contributed by atoms with Crippen LogP contribution in [0.25, 0.3) is 0 Å². The molecular formula is C17H23NO3. The molecule has 1 aliphatic rings. The smallest absolute Gasteiger partial charge is 0.310 e. The number of fused-ring (bicyclic) bond motifs is 1. The number of amides is 1. The normalized spacial score (nSPS) is 13.7. The van der Waals surface area contributed by atoms with Crippen LogP contribution in [0.2, 0.25) is 0 Å². The first-order valence-electron chi connectivity index (χ1n) is 7.60. The van der Waals surface area contributed by atoms with Gasteiger partial charge in [0.2, 0.25) is 0 Å². The van der Waals surface area contributed by atoms with Gasteiger partial charge in [-0.25, -0.2) is 0 Å². The van der Waals surface area contributed by atoms with Crippen molar-refractivity contribution in [2.45, 2.75) is 52.0 Å². The molecule has 0 spiro atoms. The Morgan fingerprint density at radius 1 is 1.19 bits per heavy atom. The van der Waals surface area contributed by atoms with E-state index in [9.17, 15) is 9.59 Å². The maximum Gasteiger partial charge on any atom is 0.310 e. The molecule has 4 heteroatoms. The maximum atomic E-state index is 11.8. The predicted molar refractivity (Wildman–Crippen MR) is 81.0 cm³/mol. The number of esters is 1.